The lowest BCUT2D eigenvalue weighted by molar-refractivity contribution is -0.113. The molecule has 3 rings (SSSR count). The molecular weight excluding hydrogens is 349 g/mol. The van der Waals surface area contributed by atoms with Gasteiger partial charge in [0.15, 0.2) is 5.11 Å². The number of hydrogen-bond donors (Lipinski definition) is 2. The third-order valence-electron chi connectivity index (χ3n) is 4.51. The van der Waals surface area contributed by atoms with Gasteiger partial charge in [-0.2, -0.15) is 0 Å². The first-order chi connectivity index (χ1) is 12.4. The van der Waals surface area contributed by atoms with E-state index < -0.39 is 6.04 Å². The number of nitrogens with one attached hydrogen (secondary N) is 2. The fourth-order valence-electron chi connectivity index (χ4n) is 2.87. The van der Waals surface area contributed by atoms with Crippen molar-refractivity contribution >= 4 is 28.9 Å². The van der Waals surface area contributed by atoms with Crippen LogP contribution >= 0.6 is 12.2 Å². The Morgan fingerprint density at radius 3 is 2.35 bits per heavy atom. The normalized spacial score (nSPS) is 17.2. The van der Waals surface area contributed by atoms with Gasteiger partial charge >= 0.3 is 0 Å². The molecule has 0 aliphatic carbocycles. The number of rotatable bonds is 3. The molecule has 2 aromatic carbocycles. The lowest BCUT2D eigenvalue weighted by Crippen LogP contribution is -2.46. The summed E-state index contributed by atoms with van der Waals surface area (Å²) >= 11 is 5.37. The highest BCUT2D eigenvalue weighted by atomic mass is 32.1. The van der Waals surface area contributed by atoms with Crippen molar-refractivity contribution in [2.75, 3.05) is 12.4 Å². The quantitative estimate of drug-likeness (QED) is 0.806. The van der Waals surface area contributed by atoms with Crippen LogP contribution in [0.25, 0.3) is 0 Å². The van der Waals surface area contributed by atoms with E-state index in [0.29, 0.717) is 10.7 Å². The van der Waals surface area contributed by atoms with Crippen LogP contribution in [0.3, 0.4) is 0 Å². The second-order valence-electron chi connectivity index (χ2n) is 6.31. The Morgan fingerprint density at radius 2 is 1.73 bits per heavy atom. The van der Waals surface area contributed by atoms with Gasteiger partial charge in [0, 0.05) is 18.4 Å². The summed E-state index contributed by atoms with van der Waals surface area (Å²) in [6.07, 6.45) is 0. The van der Waals surface area contributed by atoms with Crippen molar-refractivity contribution in [1.82, 2.24) is 10.2 Å². The van der Waals surface area contributed by atoms with Gasteiger partial charge in [0.1, 0.15) is 5.82 Å². The number of halogens is 1. The molecule has 6 heteroatoms. The minimum atomic E-state index is -0.440. The molecule has 1 atom stereocenters. The number of anilines is 1. The molecule has 1 heterocycles. The monoisotopic (exact) mass is 369 g/mol. The van der Waals surface area contributed by atoms with Crippen molar-refractivity contribution < 1.29 is 9.18 Å². The van der Waals surface area contributed by atoms with Gasteiger partial charge in [0.05, 0.1) is 11.6 Å². The molecule has 2 N–H and O–H groups in total. The zero-order valence-electron chi connectivity index (χ0n) is 14.8. The maximum Gasteiger partial charge on any atom is 0.255 e. The fraction of sp³-hybridized carbons (Fsp3) is 0.200. The zero-order chi connectivity index (χ0) is 18.8. The van der Waals surface area contributed by atoms with Gasteiger partial charge in [-0.1, -0.05) is 29.8 Å². The average Bonchev–Trinajstić information content (AvgIpc) is 2.62. The van der Waals surface area contributed by atoms with Gasteiger partial charge in [0.25, 0.3) is 5.91 Å². The lowest BCUT2D eigenvalue weighted by atomic mass is 9.94. The molecule has 0 saturated heterocycles. The lowest BCUT2D eigenvalue weighted by Gasteiger charge is -2.35. The number of benzene rings is 2. The third-order valence-corrected chi connectivity index (χ3v) is 4.90. The van der Waals surface area contributed by atoms with Crippen molar-refractivity contribution in [2.24, 2.45) is 0 Å². The number of carbonyl (C=O) groups excluding carboxylic acids is 1. The maximum absolute atomic E-state index is 13.3. The molecule has 1 aliphatic rings. The standard InChI is InChI=1S/C20H20FN3OS/c1-12-4-10-16(11-5-12)22-19(25)17-13(2)24(3)20(26)23-18(17)14-6-8-15(21)9-7-14/h4-11,18H,1-3H3,(H,22,25)(H,23,26). The van der Waals surface area contributed by atoms with Gasteiger partial charge in [-0.3, -0.25) is 4.79 Å². The molecule has 1 unspecified atom stereocenters. The molecule has 0 saturated carbocycles. The smallest absolute Gasteiger partial charge is 0.255 e. The van der Waals surface area contributed by atoms with Crippen LogP contribution in [0.15, 0.2) is 59.8 Å². The van der Waals surface area contributed by atoms with E-state index in [0.717, 1.165) is 22.5 Å². The molecule has 0 bridgehead atoms. The van der Waals surface area contributed by atoms with Gasteiger partial charge in [-0.15, -0.1) is 0 Å². The predicted molar refractivity (Wildman–Crippen MR) is 105 cm³/mol. The SMILES string of the molecule is CC1=C(C(=O)Nc2ccc(C)cc2)C(c2ccc(F)cc2)NC(=S)N1C. The number of allylic oxidation sites excluding steroid dienone is 1. The molecule has 1 amide bonds. The third kappa shape index (κ3) is 3.60. The highest BCUT2D eigenvalue weighted by Crippen LogP contribution is 2.31. The summed E-state index contributed by atoms with van der Waals surface area (Å²) < 4.78 is 13.3. The van der Waals surface area contributed by atoms with Crippen LogP contribution < -0.4 is 10.6 Å². The van der Waals surface area contributed by atoms with Gasteiger partial charge in [-0.25, -0.2) is 4.39 Å². The summed E-state index contributed by atoms with van der Waals surface area (Å²) in [7, 11) is 1.81. The Hall–Kier alpha value is -2.73. The molecule has 0 aromatic heterocycles. The van der Waals surface area contributed by atoms with Crippen LogP contribution in [-0.2, 0) is 4.79 Å². The first-order valence-corrected chi connectivity index (χ1v) is 8.66. The molecule has 4 nitrogen and oxygen atoms in total. The first kappa shape index (κ1) is 18.1. The number of amides is 1. The van der Waals surface area contributed by atoms with E-state index in [1.165, 1.54) is 12.1 Å². The van der Waals surface area contributed by atoms with E-state index in [4.69, 9.17) is 12.2 Å². The highest BCUT2D eigenvalue weighted by molar-refractivity contribution is 7.80. The van der Waals surface area contributed by atoms with Crippen LogP contribution in [0.5, 0.6) is 0 Å². The minimum absolute atomic E-state index is 0.220. The van der Waals surface area contributed by atoms with Crippen molar-refractivity contribution in [3.8, 4) is 0 Å². The number of aryl methyl sites for hydroxylation is 1. The van der Waals surface area contributed by atoms with Gasteiger partial charge < -0.3 is 15.5 Å². The van der Waals surface area contributed by atoms with Crippen molar-refractivity contribution in [2.45, 2.75) is 19.9 Å². The maximum atomic E-state index is 13.3. The first-order valence-electron chi connectivity index (χ1n) is 8.25. The van der Waals surface area contributed by atoms with E-state index in [1.54, 1.807) is 17.0 Å². The van der Waals surface area contributed by atoms with Gasteiger partial charge in [-0.05, 0) is 55.9 Å². The van der Waals surface area contributed by atoms with E-state index in [2.05, 4.69) is 10.6 Å². The molecular formula is C20H20FN3OS. The molecule has 0 fully saturated rings. The second kappa shape index (κ2) is 7.25. The number of nitrogens with zero attached hydrogens (tertiary/aromatic N) is 1. The predicted octanol–water partition coefficient (Wildman–Crippen LogP) is 3.91. The Labute approximate surface area is 157 Å². The highest BCUT2D eigenvalue weighted by Gasteiger charge is 2.32. The van der Waals surface area contributed by atoms with Crippen molar-refractivity contribution in [3.63, 3.8) is 0 Å². The number of thiocarbonyl (C=S) groups is 1. The molecule has 0 radical (unpaired) electrons. The Balaban J connectivity index is 1.97. The molecule has 0 spiro atoms. The summed E-state index contributed by atoms with van der Waals surface area (Å²) in [4.78, 5) is 14.8. The Morgan fingerprint density at radius 1 is 1.12 bits per heavy atom. The summed E-state index contributed by atoms with van der Waals surface area (Å²) in [6, 6.07) is 13.2. The Kier molecular flexibility index (Phi) is 5.04. The zero-order valence-corrected chi connectivity index (χ0v) is 15.7. The van der Waals surface area contributed by atoms with Crippen molar-refractivity contribution in [3.05, 3.63) is 76.7 Å². The topological polar surface area (TPSA) is 44.4 Å². The minimum Gasteiger partial charge on any atom is -0.351 e. The van der Waals surface area contributed by atoms with E-state index in [1.807, 2.05) is 45.2 Å². The summed E-state index contributed by atoms with van der Waals surface area (Å²) in [5.41, 5.74) is 3.91. The van der Waals surface area contributed by atoms with E-state index in [9.17, 15) is 9.18 Å². The summed E-state index contributed by atoms with van der Waals surface area (Å²) in [5.74, 6) is -0.543. The fourth-order valence-corrected chi connectivity index (χ4v) is 3.13. The molecule has 1 aliphatic heterocycles. The van der Waals surface area contributed by atoms with Gasteiger partial charge in [0.2, 0.25) is 0 Å². The van der Waals surface area contributed by atoms with Crippen LogP contribution in [0.1, 0.15) is 24.1 Å². The van der Waals surface area contributed by atoms with Crippen LogP contribution in [0.4, 0.5) is 10.1 Å². The van der Waals surface area contributed by atoms with Crippen molar-refractivity contribution in [1.29, 1.82) is 0 Å². The molecule has 2 aromatic rings. The van der Waals surface area contributed by atoms with Crippen LogP contribution in [0, 0.1) is 12.7 Å². The average molecular weight is 369 g/mol. The van der Waals surface area contributed by atoms with E-state index >= 15 is 0 Å². The van der Waals surface area contributed by atoms with Crippen LogP contribution in [-0.4, -0.2) is 23.0 Å². The summed E-state index contributed by atoms with van der Waals surface area (Å²) in [6.45, 7) is 3.84. The van der Waals surface area contributed by atoms with Crippen LogP contribution in [0.2, 0.25) is 0 Å². The molecule has 134 valence electrons. The Bertz CT molecular complexity index is 875. The second-order valence-corrected chi connectivity index (χ2v) is 6.70. The number of hydrogen-bond acceptors (Lipinski definition) is 2. The molecule has 26 heavy (non-hydrogen) atoms. The number of carbonyl (C=O) groups is 1. The summed E-state index contributed by atoms with van der Waals surface area (Å²) in [5, 5.41) is 6.63. The largest absolute Gasteiger partial charge is 0.351 e. The van der Waals surface area contributed by atoms with E-state index in [-0.39, 0.29) is 11.7 Å².